The number of rotatable bonds is 4. The largest absolute Gasteiger partial charge is 0.508 e. The highest BCUT2D eigenvalue weighted by atomic mass is 19.1. The molecule has 1 aliphatic carbocycles. The van der Waals surface area contributed by atoms with E-state index in [4.69, 9.17) is 9.84 Å². The highest BCUT2D eigenvalue weighted by molar-refractivity contribution is 5.27. The lowest BCUT2D eigenvalue weighted by Crippen LogP contribution is -2.28. The van der Waals surface area contributed by atoms with E-state index in [-0.39, 0.29) is 17.7 Å². The van der Waals surface area contributed by atoms with E-state index in [1.54, 1.807) is 19.2 Å². The molecule has 2 fully saturated rings. The van der Waals surface area contributed by atoms with Gasteiger partial charge in [0.25, 0.3) is 0 Å². The molecule has 146 valence electrons. The van der Waals surface area contributed by atoms with Crippen molar-refractivity contribution in [3.63, 3.8) is 0 Å². The molecule has 0 radical (unpaired) electrons. The molecular formula is C22H28FNO3. The number of ether oxygens (including phenoxy) is 1. The van der Waals surface area contributed by atoms with Crippen LogP contribution in [-0.2, 0) is 4.74 Å². The van der Waals surface area contributed by atoms with Gasteiger partial charge in [-0.15, -0.1) is 0 Å². The lowest BCUT2D eigenvalue weighted by Gasteiger charge is -2.23. The second-order valence-corrected chi connectivity index (χ2v) is 7.46. The summed E-state index contributed by atoms with van der Waals surface area (Å²) in [6.45, 7) is 3.44. The Hall–Kier alpha value is -2.11. The topological polar surface area (TPSA) is 52.9 Å². The average molecular weight is 373 g/mol. The van der Waals surface area contributed by atoms with Crippen LogP contribution in [-0.4, -0.2) is 41.9 Å². The number of hydrogen-bond donors (Lipinski definition) is 2. The average Bonchev–Trinajstić information content (AvgIpc) is 3.25. The zero-order valence-electron chi connectivity index (χ0n) is 15.7. The molecule has 1 heterocycles. The van der Waals surface area contributed by atoms with Crippen molar-refractivity contribution in [1.29, 1.82) is 0 Å². The number of hydrogen-bond acceptors (Lipinski definition) is 4. The predicted molar refractivity (Wildman–Crippen MR) is 103 cm³/mol. The second kappa shape index (κ2) is 9.20. The molecule has 0 bridgehead atoms. The van der Waals surface area contributed by atoms with Gasteiger partial charge in [-0.1, -0.05) is 18.6 Å². The van der Waals surface area contributed by atoms with Crippen LogP contribution < -0.4 is 0 Å². The zero-order chi connectivity index (χ0) is 19.2. The molecule has 1 aliphatic heterocycles. The Kier molecular flexibility index (Phi) is 6.69. The van der Waals surface area contributed by atoms with Crippen LogP contribution in [0.4, 0.5) is 4.39 Å². The van der Waals surface area contributed by atoms with Gasteiger partial charge in [-0.3, -0.25) is 4.90 Å². The van der Waals surface area contributed by atoms with Crippen LogP contribution in [0.5, 0.6) is 11.5 Å². The number of methoxy groups -OCH3 is 1. The molecule has 0 spiro atoms. The van der Waals surface area contributed by atoms with Crippen molar-refractivity contribution in [2.75, 3.05) is 26.7 Å². The minimum atomic E-state index is -0.331. The fraction of sp³-hybridized carbons (Fsp3) is 0.455. The number of phenolic OH excluding ortho intramolecular Hbond substituents is 2. The van der Waals surface area contributed by atoms with E-state index < -0.39 is 0 Å². The molecule has 4 rings (SSSR count). The van der Waals surface area contributed by atoms with Crippen molar-refractivity contribution >= 4 is 0 Å². The Morgan fingerprint density at radius 3 is 1.96 bits per heavy atom. The highest BCUT2D eigenvalue weighted by Gasteiger charge is 2.36. The lowest BCUT2D eigenvalue weighted by atomic mass is 10.0. The monoisotopic (exact) mass is 373 g/mol. The van der Waals surface area contributed by atoms with Gasteiger partial charge in [0.2, 0.25) is 0 Å². The Morgan fingerprint density at radius 2 is 1.48 bits per heavy atom. The summed E-state index contributed by atoms with van der Waals surface area (Å²) in [4.78, 5) is 2.55. The molecule has 0 amide bonds. The van der Waals surface area contributed by atoms with Crippen molar-refractivity contribution < 1.29 is 19.3 Å². The van der Waals surface area contributed by atoms with Crippen molar-refractivity contribution in [1.82, 2.24) is 4.90 Å². The van der Waals surface area contributed by atoms with Crippen molar-refractivity contribution in [2.24, 2.45) is 11.8 Å². The third kappa shape index (κ3) is 5.44. The van der Waals surface area contributed by atoms with Gasteiger partial charge in [0, 0.05) is 26.7 Å². The Balaban J connectivity index is 0.000000221. The van der Waals surface area contributed by atoms with E-state index in [0.29, 0.717) is 5.75 Å². The standard InChI is InChI=1S/C16H23NO2.C6H5FO/c1-19-16(12-5-7-15(18)8-6-12)11-17-9-13-3-2-4-14(13)10-17;7-5-1-3-6(8)4-2-5/h5-8,13-14,16,18H,2-4,9-11H2,1H3;1-4,8H/t13-,14?,16?;/m1./s1. The number of halogens is 1. The number of nitrogens with zero attached hydrogens (tertiary/aromatic N) is 1. The van der Waals surface area contributed by atoms with Gasteiger partial charge >= 0.3 is 0 Å². The third-order valence-electron chi connectivity index (χ3n) is 5.60. The van der Waals surface area contributed by atoms with Gasteiger partial charge in [-0.05, 0) is 66.6 Å². The first-order chi connectivity index (χ1) is 13.0. The van der Waals surface area contributed by atoms with E-state index in [1.165, 1.54) is 56.6 Å². The van der Waals surface area contributed by atoms with Gasteiger partial charge in [-0.2, -0.15) is 0 Å². The van der Waals surface area contributed by atoms with E-state index in [0.717, 1.165) is 23.9 Å². The van der Waals surface area contributed by atoms with E-state index in [9.17, 15) is 9.50 Å². The van der Waals surface area contributed by atoms with Crippen LogP contribution in [0, 0.1) is 17.7 Å². The van der Waals surface area contributed by atoms with Crippen LogP contribution in [0.15, 0.2) is 48.5 Å². The van der Waals surface area contributed by atoms with Crippen molar-refractivity contribution in [3.8, 4) is 11.5 Å². The number of fused-ring (bicyclic) bond motifs is 1. The summed E-state index contributed by atoms with van der Waals surface area (Å²) in [6, 6.07) is 12.4. The van der Waals surface area contributed by atoms with Crippen LogP contribution in [0.25, 0.3) is 0 Å². The van der Waals surface area contributed by atoms with E-state index in [1.807, 2.05) is 12.1 Å². The fourth-order valence-electron chi connectivity index (χ4n) is 4.16. The molecule has 2 aromatic carbocycles. The summed E-state index contributed by atoms with van der Waals surface area (Å²) >= 11 is 0. The maximum Gasteiger partial charge on any atom is 0.123 e. The zero-order valence-corrected chi connectivity index (χ0v) is 15.7. The SMILES string of the molecule is COC(CN1CC2CCC[C@@H]2C1)c1ccc(O)cc1.Oc1ccc(F)cc1. The lowest BCUT2D eigenvalue weighted by molar-refractivity contribution is 0.0686. The summed E-state index contributed by atoms with van der Waals surface area (Å²) in [7, 11) is 1.77. The number of likely N-dealkylation sites (tertiary alicyclic amines) is 1. The van der Waals surface area contributed by atoms with Crippen LogP contribution in [0.3, 0.4) is 0 Å². The van der Waals surface area contributed by atoms with Crippen molar-refractivity contribution in [3.05, 3.63) is 59.9 Å². The predicted octanol–water partition coefficient (Wildman–Crippen LogP) is 4.34. The second-order valence-electron chi connectivity index (χ2n) is 7.46. The van der Waals surface area contributed by atoms with Gasteiger partial charge in [-0.25, -0.2) is 4.39 Å². The van der Waals surface area contributed by atoms with Gasteiger partial charge < -0.3 is 14.9 Å². The molecule has 27 heavy (non-hydrogen) atoms. The van der Waals surface area contributed by atoms with Crippen LogP contribution in [0.2, 0.25) is 0 Å². The molecular weight excluding hydrogens is 345 g/mol. The normalized spacial score (nSPS) is 22.7. The molecule has 2 aromatic rings. The molecule has 2 aliphatic rings. The van der Waals surface area contributed by atoms with Crippen LogP contribution in [0.1, 0.15) is 30.9 Å². The molecule has 0 aromatic heterocycles. The summed E-state index contributed by atoms with van der Waals surface area (Å²) in [5.74, 6) is 1.93. The summed E-state index contributed by atoms with van der Waals surface area (Å²) < 4.78 is 17.6. The first kappa shape index (κ1) is 19.6. The summed E-state index contributed by atoms with van der Waals surface area (Å²) in [6.07, 6.45) is 4.37. The van der Waals surface area contributed by atoms with Crippen molar-refractivity contribution in [2.45, 2.75) is 25.4 Å². The van der Waals surface area contributed by atoms with Crippen LogP contribution >= 0.6 is 0 Å². The molecule has 2 unspecified atom stereocenters. The maximum absolute atomic E-state index is 12.0. The van der Waals surface area contributed by atoms with E-state index >= 15 is 0 Å². The first-order valence-corrected chi connectivity index (χ1v) is 9.53. The number of benzene rings is 2. The minimum Gasteiger partial charge on any atom is -0.508 e. The molecule has 5 heteroatoms. The summed E-state index contributed by atoms with van der Waals surface area (Å²) in [5.41, 5.74) is 1.15. The maximum atomic E-state index is 12.0. The third-order valence-corrected chi connectivity index (χ3v) is 5.60. The fourth-order valence-corrected chi connectivity index (χ4v) is 4.16. The first-order valence-electron chi connectivity index (χ1n) is 9.53. The molecule has 1 saturated carbocycles. The molecule has 1 saturated heterocycles. The van der Waals surface area contributed by atoms with Gasteiger partial charge in [0.05, 0.1) is 6.10 Å². The highest BCUT2D eigenvalue weighted by Crippen LogP contribution is 2.38. The smallest absolute Gasteiger partial charge is 0.123 e. The Labute approximate surface area is 160 Å². The van der Waals surface area contributed by atoms with E-state index in [2.05, 4.69) is 4.90 Å². The quantitative estimate of drug-likeness (QED) is 0.837. The molecule has 4 nitrogen and oxygen atoms in total. The molecule has 3 atom stereocenters. The minimum absolute atomic E-state index is 0.0893. The van der Waals surface area contributed by atoms with Gasteiger partial charge in [0.15, 0.2) is 0 Å². The number of phenols is 2. The van der Waals surface area contributed by atoms with Gasteiger partial charge in [0.1, 0.15) is 17.3 Å². The Morgan fingerprint density at radius 1 is 0.963 bits per heavy atom. The summed E-state index contributed by atoms with van der Waals surface area (Å²) in [5, 5.41) is 17.9. The number of aromatic hydroxyl groups is 2. The Bertz CT molecular complexity index is 672. The molecule has 2 N–H and O–H groups in total.